The molecule has 0 fully saturated rings. The minimum atomic E-state index is -4.33. The number of ether oxygens (including phenoxy) is 1. The highest BCUT2D eigenvalue weighted by molar-refractivity contribution is 7.89. The molecule has 0 amide bonds. The minimum absolute atomic E-state index is 0. The van der Waals surface area contributed by atoms with Gasteiger partial charge in [-0.2, -0.15) is 0 Å². The molecule has 1 aromatic carbocycles. The summed E-state index contributed by atoms with van der Waals surface area (Å²) in [6.45, 7) is -2.23. The zero-order chi connectivity index (χ0) is 16.3. The monoisotopic (exact) mass is 361 g/mol. The number of alkyl halides is 2. The van der Waals surface area contributed by atoms with Gasteiger partial charge in [-0.15, -0.1) is 12.4 Å². The van der Waals surface area contributed by atoms with Gasteiger partial charge in [0.05, 0.1) is 30.0 Å². The van der Waals surface area contributed by atoms with E-state index in [1.54, 1.807) is 4.72 Å². The van der Waals surface area contributed by atoms with Gasteiger partial charge in [0, 0.05) is 6.07 Å². The summed E-state index contributed by atoms with van der Waals surface area (Å²) in [4.78, 5) is 9.43. The summed E-state index contributed by atoms with van der Waals surface area (Å²) in [6, 6.07) is 2.80. The van der Waals surface area contributed by atoms with Gasteiger partial charge in [0.1, 0.15) is 0 Å². The number of rotatable bonds is 7. The Balaban J connectivity index is 0.00000441. The molecule has 3 N–H and O–H groups in total. The maximum Gasteiger partial charge on any atom is 0.312 e. The number of hydrogen-bond donors (Lipinski definition) is 2. The van der Waals surface area contributed by atoms with Crippen molar-refractivity contribution in [2.75, 3.05) is 20.2 Å². The Morgan fingerprint density at radius 1 is 1.45 bits per heavy atom. The van der Waals surface area contributed by atoms with Crippen LogP contribution in [-0.2, 0) is 10.0 Å². The lowest BCUT2D eigenvalue weighted by atomic mass is 10.3. The standard InChI is InChI=1S/C10H13F2N3O5S.ClH/c1-20-9-3-2-7(4-8(9)15(16)17)21(18,19)14-6-10(11,12)5-13;/h2-4,14H,5-6,13H2,1H3;1H. The van der Waals surface area contributed by atoms with E-state index in [-0.39, 0.29) is 18.2 Å². The van der Waals surface area contributed by atoms with Crippen LogP contribution in [0.25, 0.3) is 0 Å². The van der Waals surface area contributed by atoms with Crippen LogP contribution in [0.1, 0.15) is 0 Å². The molecular formula is C10H14ClF2N3O5S. The first kappa shape index (κ1) is 20.4. The van der Waals surface area contributed by atoms with Gasteiger partial charge in [0.25, 0.3) is 5.92 Å². The van der Waals surface area contributed by atoms with Crippen molar-refractivity contribution in [3.63, 3.8) is 0 Å². The summed E-state index contributed by atoms with van der Waals surface area (Å²) in [5.74, 6) is -3.56. The number of hydrogen-bond acceptors (Lipinski definition) is 6. The van der Waals surface area contributed by atoms with Crippen LogP contribution in [0, 0.1) is 10.1 Å². The van der Waals surface area contributed by atoms with E-state index in [0.29, 0.717) is 0 Å². The van der Waals surface area contributed by atoms with Gasteiger partial charge < -0.3 is 10.5 Å². The smallest absolute Gasteiger partial charge is 0.312 e. The van der Waals surface area contributed by atoms with E-state index in [2.05, 4.69) is 0 Å². The van der Waals surface area contributed by atoms with Crippen molar-refractivity contribution in [3.05, 3.63) is 28.3 Å². The molecule has 0 heterocycles. The van der Waals surface area contributed by atoms with Crippen LogP contribution in [-0.4, -0.2) is 39.5 Å². The second-order valence-corrected chi connectivity index (χ2v) is 5.74. The molecule has 1 rings (SSSR count). The summed E-state index contributed by atoms with van der Waals surface area (Å²) in [5.41, 5.74) is 4.19. The SMILES string of the molecule is COc1ccc(S(=O)(=O)NCC(F)(F)CN)cc1[N+](=O)[O-].Cl. The Hall–Kier alpha value is -1.56. The van der Waals surface area contributed by atoms with Crippen LogP contribution < -0.4 is 15.2 Å². The topological polar surface area (TPSA) is 125 Å². The zero-order valence-electron chi connectivity index (χ0n) is 11.3. The van der Waals surface area contributed by atoms with Gasteiger partial charge in [-0.3, -0.25) is 10.1 Å². The third kappa shape index (κ3) is 5.02. The fourth-order valence-electron chi connectivity index (χ4n) is 1.34. The van der Waals surface area contributed by atoms with Crippen molar-refractivity contribution in [3.8, 4) is 5.75 Å². The van der Waals surface area contributed by atoms with E-state index in [1.807, 2.05) is 0 Å². The highest BCUT2D eigenvalue weighted by atomic mass is 35.5. The van der Waals surface area contributed by atoms with E-state index >= 15 is 0 Å². The van der Waals surface area contributed by atoms with Gasteiger partial charge >= 0.3 is 5.69 Å². The molecular weight excluding hydrogens is 348 g/mol. The van der Waals surface area contributed by atoms with E-state index in [9.17, 15) is 27.3 Å². The predicted molar refractivity (Wildman–Crippen MR) is 76.1 cm³/mol. The number of nitrogens with zero attached hydrogens (tertiary/aromatic N) is 1. The number of nitrogens with two attached hydrogens (primary N) is 1. The third-order valence-electron chi connectivity index (χ3n) is 2.48. The third-order valence-corrected chi connectivity index (χ3v) is 3.88. The largest absolute Gasteiger partial charge is 0.490 e. The Morgan fingerprint density at radius 3 is 2.50 bits per heavy atom. The average molecular weight is 362 g/mol. The van der Waals surface area contributed by atoms with Crippen LogP contribution >= 0.6 is 12.4 Å². The summed E-state index contributed by atoms with van der Waals surface area (Å²) >= 11 is 0. The van der Waals surface area contributed by atoms with Crippen molar-refractivity contribution in [1.82, 2.24) is 4.72 Å². The van der Waals surface area contributed by atoms with Crippen molar-refractivity contribution < 1.29 is 26.9 Å². The quantitative estimate of drug-likeness (QED) is 0.549. The van der Waals surface area contributed by atoms with Crippen LogP contribution in [0.2, 0.25) is 0 Å². The van der Waals surface area contributed by atoms with E-state index in [1.165, 1.54) is 7.11 Å². The molecule has 0 aliphatic rings. The zero-order valence-corrected chi connectivity index (χ0v) is 12.9. The molecule has 8 nitrogen and oxygen atoms in total. The molecule has 22 heavy (non-hydrogen) atoms. The molecule has 0 aliphatic carbocycles. The Bertz CT molecular complexity index is 641. The second-order valence-electron chi connectivity index (χ2n) is 3.98. The predicted octanol–water partition coefficient (Wildman–Crippen LogP) is 0.897. The fourth-order valence-corrected chi connectivity index (χ4v) is 2.42. The number of nitro groups is 1. The van der Waals surface area contributed by atoms with E-state index < -0.39 is 44.5 Å². The molecule has 0 unspecified atom stereocenters. The highest BCUT2D eigenvalue weighted by Crippen LogP contribution is 2.29. The lowest BCUT2D eigenvalue weighted by Gasteiger charge is -2.14. The van der Waals surface area contributed by atoms with Gasteiger partial charge in [-0.05, 0) is 12.1 Å². The van der Waals surface area contributed by atoms with Crippen molar-refractivity contribution >= 4 is 28.1 Å². The molecule has 1 aromatic rings. The van der Waals surface area contributed by atoms with Crippen molar-refractivity contribution in [2.45, 2.75) is 10.8 Å². The second kappa shape index (κ2) is 7.63. The van der Waals surface area contributed by atoms with Crippen molar-refractivity contribution in [1.29, 1.82) is 0 Å². The molecule has 0 spiro atoms. The molecule has 0 saturated heterocycles. The molecule has 0 bridgehead atoms. The molecule has 126 valence electrons. The number of sulfonamides is 1. The van der Waals surface area contributed by atoms with Crippen LogP contribution in [0.3, 0.4) is 0 Å². The average Bonchev–Trinajstić information content (AvgIpc) is 2.44. The first-order chi connectivity index (χ1) is 9.63. The fraction of sp³-hybridized carbons (Fsp3) is 0.400. The van der Waals surface area contributed by atoms with Crippen LogP contribution in [0.15, 0.2) is 23.1 Å². The number of nitrogens with one attached hydrogen (secondary N) is 1. The minimum Gasteiger partial charge on any atom is -0.490 e. The van der Waals surface area contributed by atoms with Gasteiger partial charge in [0.2, 0.25) is 10.0 Å². The van der Waals surface area contributed by atoms with Crippen LogP contribution in [0.4, 0.5) is 14.5 Å². The molecule has 12 heteroatoms. The first-order valence-electron chi connectivity index (χ1n) is 5.53. The Morgan fingerprint density at radius 2 is 2.05 bits per heavy atom. The van der Waals surface area contributed by atoms with E-state index in [0.717, 1.165) is 18.2 Å². The highest BCUT2D eigenvalue weighted by Gasteiger charge is 2.30. The Labute approximate surface area is 131 Å². The number of nitro benzene ring substituents is 1. The van der Waals surface area contributed by atoms with Gasteiger partial charge in [-0.1, -0.05) is 0 Å². The van der Waals surface area contributed by atoms with Crippen molar-refractivity contribution in [2.24, 2.45) is 5.73 Å². The lowest BCUT2D eigenvalue weighted by Crippen LogP contribution is -2.41. The maximum absolute atomic E-state index is 12.9. The normalized spacial score (nSPS) is 11.6. The Kier molecular flexibility index (Phi) is 7.09. The molecule has 0 aliphatic heterocycles. The number of methoxy groups -OCH3 is 1. The molecule has 0 aromatic heterocycles. The lowest BCUT2D eigenvalue weighted by molar-refractivity contribution is -0.386. The number of halogens is 3. The van der Waals surface area contributed by atoms with Gasteiger partial charge in [-0.25, -0.2) is 21.9 Å². The first-order valence-corrected chi connectivity index (χ1v) is 7.01. The maximum atomic E-state index is 12.9. The van der Waals surface area contributed by atoms with Crippen LogP contribution in [0.5, 0.6) is 5.75 Å². The summed E-state index contributed by atoms with van der Waals surface area (Å²) in [5, 5.41) is 10.8. The van der Waals surface area contributed by atoms with Gasteiger partial charge in [0.15, 0.2) is 5.75 Å². The summed E-state index contributed by atoms with van der Waals surface area (Å²) < 4.78 is 55.9. The molecule has 0 atom stereocenters. The number of benzene rings is 1. The van der Waals surface area contributed by atoms with E-state index in [4.69, 9.17) is 10.5 Å². The summed E-state index contributed by atoms with van der Waals surface area (Å²) in [7, 11) is -3.15. The molecule has 0 radical (unpaired) electrons. The summed E-state index contributed by atoms with van der Waals surface area (Å²) in [6.07, 6.45) is 0. The molecule has 0 saturated carbocycles.